The number of aryl methyl sites for hydroxylation is 1. The van der Waals surface area contributed by atoms with Crippen LogP contribution in [0, 0.1) is 5.92 Å². The molecule has 1 saturated carbocycles. The Morgan fingerprint density at radius 1 is 1.47 bits per heavy atom. The highest BCUT2D eigenvalue weighted by Gasteiger charge is 2.20. The molecule has 0 radical (unpaired) electrons. The molecule has 1 aliphatic rings. The molecule has 1 heterocycles. The first-order valence-corrected chi connectivity index (χ1v) is 6.58. The average molecular weight is 234 g/mol. The third-order valence-electron chi connectivity index (χ3n) is 3.20. The van der Waals surface area contributed by atoms with Gasteiger partial charge in [0.2, 0.25) is 0 Å². The Bertz CT molecular complexity index is 391. The SMILES string of the molecule is CC(C)CCn1cccc(CNC2CC2)c1=O. The average Bonchev–Trinajstić information content (AvgIpc) is 3.10. The van der Waals surface area contributed by atoms with E-state index in [1.54, 1.807) is 0 Å². The first-order valence-electron chi connectivity index (χ1n) is 6.58. The van der Waals surface area contributed by atoms with Gasteiger partial charge in [0.1, 0.15) is 0 Å². The second kappa shape index (κ2) is 5.50. The first-order chi connectivity index (χ1) is 8.16. The van der Waals surface area contributed by atoms with Crippen LogP contribution in [0.4, 0.5) is 0 Å². The number of nitrogens with zero attached hydrogens (tertiary/aromatic N) is 1. The van der Waals surface area contributed by atoms with Crippen molar-refractivity contribution in [3.8, 4) is 0 Å². The van der Waals surface area contributed by atoms with Gasteiger partial charge in [0, 0.05) is 30.9 Å². The lowest BCUT2D eigenvalue weighted by molar-refractivity contribution is 0.505. The van der Waals surface area contributed by atoms with E-state index in [0.717, 1.165) is 18.5 Å². The van der Waals surface area contributed by atoms with E-state index >= 15 is 0 Å². The third kappa shape index (κ3) is 3.70. The quantitative estimate of drug-likeness (QED) is 0.818. The zero-order chi connectivity index (χ0) is 12.3. The van der Waals surface area contributed by atoms with Crippen molar-refractivity contribution in [2.45, 2.75) is 52.2 Å². The van der Waals surface area contributed by atoms with Crippen molar-refractivity contribution in [2.75, 3.05) is 0 Å². The molecule has 0 aromatic carbocycles. The molecule has 0 saturated heterocycles. The van der Waals surface area contributed by atoms with Gasteiger partial charge in [-0.05, 0) is 31.2 Å². The van der Waals surface area contributed by atoms with Gasteiger partial charge in [-0.1, -0.05) is 19.9 Å². The highest BCUT2D eigenvalue weighted by molar-refractivity contribution is 5.10. The fraction of sp³-hybridized carbons (Fsp3) is 0.643. The van der Waals surface area contributed by atoms with Crippen LogP contribution in [0.25, 0.3) is 0 Å². The molecular formula is C14H22N2O. The van der Waals surface area contributed by atoms with Gasteiger partial charge in [-0.3, -0.25) is 4.79 Å². The van der Waals surface area contributed by atoms with Crippen LogP contribution in [0.3, 0.4) is 0 Å². The molecule has 17 heavy (non-hydrogen) atoms. The molecule has 0 atom stereocenters. The summed E-state index contributed by atoms with van der Waals surface area (Å²) < 4.78 is 1.84. The molecule has 0 aliphatic heterocycles. The van der Waals surface area contributed by atoms with Crippen LogP contribution in [0.5, 0.6) is 0 Å². The Balaban J connectivity index is 2.00. The smallest absolute Gasteiger partial charge is 0.255 e. The molecule has 3 nitrogen and oxygen atoms in total. The fourth-order valence-corrected chi connectivity index (χ4v) is 1.84. The van der Waals surface area contributed by atoms with Gasteiger partial charge in [0.25, 0.3) is 5.56 Å². The van der Waals surface area contributed by atoms with E-state index in [-0.39, 0.29) is 5.56 Å². The van der Waals surface area contributed by atoms with Gasteiger partial charge in [0.05, 0.1) is 0 Å². The van der Waals surface area contributed by atoms with Gasteiger partial charge in [-0.25, -0.2) is 0 Å². The highest BCUT2D eigenvalue weighted by Crippen LogP contribution is 2.18. The normalized spacial score (nSPS) is 15.5. The van der Waals surface area contributed by atoms with Crippen molar-refractivity contribution in [3.63, 3.8) is 0 Å². The van der Waals surface area contributed by atoms with E-state index in [1.807, 2.05) is 22.9 Å². The summed E-state index contributed by atoms with van der Waals surface area (Å²) in [5, 5.41) is 3.39. The van der Waals surface area contributed by atoms with Crippen molar-refractivity contribution in [1.82, 2.24) is 9.88 Å². The second-order valence-corrected chi connectivity index (χ2v) is 5.37. The minimum Gasteiger partial charge on any atom is -0.315 e. The third-order valence-corrected chi connectivity index (χ3v) is 3.20. The lowest BCUT2D eigenvalue weighted by atomic mass is 10.1. The summed E-state index contributed by atoms with van der Waals surface area (Å²) in [6.45, 7) is 5.91. The van der Waals surface area contributed by atoms with Crippen LogP contribution in [0.2, 0.25) is 0 Å². The molecule has 0 spiro atoms. The predicted octanol–water partition coefficient (Wildman–Crippen LogP) is 2.15. The number of rotatable bonds is 6. The Kier molecular flexibility index (Phi) is 4.00. The maximum Gasteiger partial charge on any atom is 0.255 e. The molecule has 94 valence electrons. The lowest BCUT2D eigenvalue weighted by Gasteiger charge is -2.10. The Morgan fingerprint density at radius 2 is 2.24 bits per heavy atom. The number of pyridine rings is 1. The van der Waals surface area contributed by atoms with Crippen molar-refractivity contribution in [2.24, 2.45) is 5.92 Å². The minimum atomic E-state index is 0.168. The molecule has 3 heteroatoms. The molecule has 1 aliphatic carbocycles. The van der Waals surface area contributed by atoms with Crippen LogP contribution >= 0.6 is 0 Å². The Hall–Kier alpha value is -1.09. The summed E-state index contributed by atoms with van der Waals surface area (Å²) >= 11 is 0. The number of nitrogens with one attached hydrogen (secondary N) is 1. The zero-order valence-electron chi connectivity index (χ0n) is 10.8. The molecule has 2 rings (SSSR count). The Morgan fingerprint density at radius 3 is 2.88 bits per heavy atom. The van der Waals surface area contributed by atoms with Crippen LogP contribution in [0.1, 0.15) is 38.7 Å². The Labute approximate surface area is 103 Å². The van der Waals surface area contributed by atoms with E-state index < -0.39 is 0 Å². The van der Waals surface area contributed by atoms with Gasteiger partial charge in [-0.15, -0.1) is 0 Å². The lowest BCUT2D eigenvalue weighted by Crippen LogP contribution is -2.27. The number of hydrogen-bond donors (Lipinski definition) is 1. The van der Waals surface area contributed by atoms with Crippen molar-refractivity contribution in [3.05, 3.63) is 34.2 Å². The van der Waals surface area contributed by atoms with Gasteiger partial charge in [-0.2, -0.15) is 0 Å². The fourth-order valence-electron chi connectivity index (χ4n) is 1.84. The van der Waals surface area contributed by atoms with E-state index in [0.29, 0.717) is 18.5 Å². The zero-order valence-corrected chi connectivity index (χ0v) is 10.8. The van der Waals surface area contributed by atoms with E-state index in [1.165, 1.54) is 12.8 Å². The standard InChI is InChI=1S/C14H22N2O/c1-11(2)7-9-16-8-3-4-12(14(16)17)10-15-13-5-6-13/h3-4,8,11,13,15H,5-7,9-10H2,1-2H3. The monoisotopic (exact) mass is 234 g/mol. The van der Waals surface area contributed by atoms with Gasteiger partial charge < -0.3 is 9.88 Å². The minimum absolute atomic E-state index is 0.168. The summed E-state index contributed by atoms with van der Waals surface area (Å²) in [5.41, 5.74) is 1.06. The largest absolute Gasteiger partial charge is 0.315 e. The van der Waals surface area contributed by atoms with Crippen LogP contribution in [-0.4, -0.2) is 10.6 Å². The molecule has 1 N–H and O–H groups in total. The summed E-state index contributed by atoms with van der Waals surface area (Å²) in [5.74, 6) is 0.634. The van der Waals surface area contributed by atoms with E-state index in [4.69, 9.17) is 0 Å². The second-order valence-electron chi connectivity index (χ2n) is 5.37. The molecular weight excluding hydrogens is 212 g/mol. The molecule has 1 fully saturated rings. The first kappa shape index (κ1) is 12.4. The molecule has 1 aromatic heterocycles. The van der Waals surface area contributed by atoms with Gasteiger partial charge >= 0.3 is 0 Å². The highest BCUT2D eigenvalue weighted by atomic mass is 16.1. The van der Waals surface area contributed by atoms with E-state index in [9.17, 15) is 4.79 Å². The topological polar surface area (TPSA) is 34.0 Å². The van der Waals surface area contributed by atoms with Crippen LogP contribution in [0.15, 0.2) is 23.1 Å². The van der Waals surface area contributed by atoms with Gasteiger partial charge in [0.15, 0.2) is 0 Å². The molecule has 0 amide bonds. The van der Waals surface area contributed by atoms with Crippen molar-refractivity contribution < 1.29 is 0 Å². The predicted molar refractivity (Wildman–Crippen MR) is 70.0 cm³/mol. The number of aromatic nitrogens is 1. The van der Waals surface area contributed by atoms with Crippen LogP contribution in [-0.2, 0) is 13.1 Å². The maximum atomic E-state index is 12.1. The van der Waals surface area contributed by atoms with E-state index in [2.05, 4.69) is 19.2 Å². The molecule has 0 unspecified atom stereocenters. The maximum absolute atomic E-state index is 12.1. The summed E-state index contributed by atoms with van der Waals surface area (Å²) in [6, 6.07) is 4.56. The molecule has 0 bridgehead atoms. The summed E-state index contributed by atoms with van der Waals surface area (Å²) in [4.78, 5) is 12.1. The van der Waals surface area contributed by atoms with Crippen molar-refractivity contribution in [1.29, 1.82) is 0 Å². The van der Waals surface area contributed by atoms with Crippen molar-refractivity contribution >= 4 is 0 Å². The van der Waals surface area contributed by atoms with Crippen LogP contribution < -0.4 is 10.9 Å². The summed E-state index contributed by atoms with van der Waals surface area (Å²) in [7, 11) is 0. The number of hydrogen-bond acceptors (Lipinski definition) is 2. The summed E-state index contributed by atoms with van der Waals surface area (Å²) in [6.07, 6.45) is 5.47. The molecule has 1 aromatic rings.